The van der Waals surface area contributed by atoms with E-state index in [-0.39, 0.29) is 5.91 Å². The molecule has 0 unspecified atom stereocenters. The first-order chi connectivity index (χ1) is 9.70. The third kappa shape index (κ3) is 4.02. The molecular formula is C16H16ClNOS. The summed E-state index contributed by atoms with van der Waals surface area (Å²) >= 11 is 7.62. The lowest BCUT2D eigenvalue weighted by Crippen LogP contribution is -2.12. The lowest BCUT2D eigenvalue weighted by Gasteiger charge is -2.09. The molecule has 0 aliphatic rings. The molecule has 104 valence electrons. The largest absolute Gasteiger partial charge is 0.322 e. The number of hydrogen-bond donors (Lipinski definition) is 1. The molecule has 0 fully saturated rings. The molecule has 0 aliphatic heterocycles. The number of carbonyl (C=O) groups excluding carboxylic acids is 1. The first-order valence-corrected chi connectivity index (χ1v) is 7.86. The second-order valence-corrected chi connectivity index (χ2v) is 5.88. The van der Waals surface area contributed by atoms with Crippen LogP contribution in [0.2, 0.25) is 5.02 Å². The average Bonchev–Trinajstić information content (AvgIpc) is 2.45. The van der Waals surface area contributed by atoms with Crippen LogP contribution in [0.5, 0.6) is 0 Å². The molecule has 0 bridgehead atoms. The zero-order chi connectivity index (χ0) is 14.4. The second-order valence-electron chi connectivity index (χ2n) is 4.31. The maximum Gasteiger partial charge on any atom is 0.256 e. The highest BCUT2D eigenvalue weighted by molar-refractivity contribution is 7.99. The molecule has 0 radical (unpaired) electrons. The number of benzene rings is 2. The van der Waals surface area contributed by atoms with Gasteiger partial charge >= 0.3 is 0 Å². The highest BCUT2D eigenvalue weighted by atomic mass is 35.5. The van der Waals surface area contributed by atoms with Crippen molar-refractivity contribution in [2.75, 3.05) is 11.1 Å². The van der Waals surface area contributed by atoms with Crippen LogP contribution in [0.1, 0.15) is 23.7 Å². The Kier molecular flexibility index (Phi) is 5.50. The van der Waals surface area contributed by atoms with Crippen LogP contribution in [0.4, 0.5) is 5.69 Å². The van der Waals surface area contributed by atoms with Gasteiger partial charge in [0.2, 0.25) is 0 Å². The van der Waals surface area contributed by atoms with Crippen molar-refractivity contribution in [3.63, 3.8) is 0 Å². The van der Waals surface area contributed by atoms with E-state index < -0.39 is 0 Å². The summed E-state index contributed by atoms with van der Waals surface area (Å²) in [5.41, 5.74) is 1.41. The van der Waals surface area contributed by atoms with Gasteiger partial charge in [0.25, 0.3) is 5.91 Å². The van der Waals surface area contributed by atoms with Gasteiger partial charge < -0.3 is 5.32 Å². The molecule has 2 aromatic rings. The highest BCUT2D eigenvalue weighted by Gasteiger charge is 2.11. The van der Waals surface area contributed by atoms with Gasteiger partial charge in [0, 0.05) is 15.6 Å². The molecule has 0 saturated carbocycles. The number of amides is 1. The average molecular weight is 306 g/mol. The normalized spacial score (nSPS) is 10.3. The molecular weight excluding hydrogens is 290 g/mol. The fraction of sp³-hybridized carbons (Fsp3) is 0.188. The predicted octanol–water partition coefficient (Wildman–Crippen LogP) is 5.09. The number of hydrogen-bond acceptors (Lipinski definition) is 2. The third-order valence-electron chi connectivity index (χ3n) is 2.68. The Balaban J connectivity index is 2.16. The quantitative estimate of drug-likeness (QED) is 0.779. The minimum Gasteiger partial charge on any atom is -0.322 e. The Morgan fingerprint density at radius 1 is 1.20 bits per heavy atom. The number of halogens is 1. The summed E-state index contributed by atoms with van der Waals surface area (Å²) < 4.78 is 0. The van der Waals surface area contributed by atoms with Gasteiger partial charge in [-0.25, -0.2) is 0 Å². The summed E-state index contributed by atoms with van der Waals surface area (Å²) in [6, 6.07) is 14.8. The summed E-state index contributed by atoms with van der Waals surface area (Å²) in [6.45, 7) is 2.13. The number of nitrogens with one attached hydrogen (secondary N) is 1. The highest BCUT2D eigenvalue weighted by Crippen LogP contribution is 2.24. The van der Waals surface area contributed by atoms with Gasteiger partial charge in [0.05, 0.1) is 5.56 Å². The molecule has 20 heavy (non-hydrogen) atoms. The van der Waals surface area contributed by atoms with E-state index in [1.807, 2.05) is 36.4 Å². The SMILES string of the molecule is CCCSc1ccccc1C(=O)Nc1cccc(Cl)c1. The van der Waals surface area contributed by atoms with Crippen molar-refractivity contribution in [3.8, 4) is 0 Å². The molecule has 0 heterocycles. The Morgan fingerprint density at radius 2 is 2.00 bits per heavy atom. The molecule has 2 aromatic carbocycles. The molecule has 2 nitrogen and oxygen atoms in total. The molecule has 1 N–H and O–H groups in total. The summed E-state index contributed by atoms with van der Waals surface area (Å²) in [7, 11) is 0. The molecule has 1 amide bonds. The van der Waals surface area contributed by atoms with Crippen LogP contribution in [-0.4, -0.2) is 11.7 Å². The summed E-state index contributed by atoms with van der Waals surface area (Å²) in [5.74, 6) is 0.896. The molecule has 0 aliphatic carbocycles. The van der Waals surface area contributed by atoms with Crippen LogP contribution in [0.15, 0.2) is 53.4 Å². The van der Waals surface area contributed by atoms with E-state index in [4.69, 9.17) is 11.6 Å². The van der Waals surface area contributed by atoms with Crippen molar-refractivity contribution < 1.29 is 4.79 Å². The van der Waals surface area contributed by atoms with E-state index >= 15 is 0 Å². The summed E-state index contributed by atoms with van der Waals surface area (Å²) in [4.78, 5) is 13.4. The molecule has 0 spiro atoms. The molecule has 0 saturated heterocycles. The summed E-state index contributed by atoms with van der Waals surface area (Å²) in [6.07, 6.45) is 1.08. The van der Waals surface area contributed by atoms with E-state index in [1.165, 1.54) is 0 Å². The smallest absolute Gasteiger partial charge is 0.256 e. The van der Waals surface area contributed by atoms with Gasteiger partial charge in [0.15, 0.2) is 0 Å². The maximum atomic E-state index is 12.3. The topological polar surface area (TPSA) is 29.1 Å². The van der Waals surface area contributed by atoms with Gasteiger partial charge in [-0.3, -0.25) is 4.79 Å². The van der Waals surface area contributed by atoms with Crippen molar-refractivity contribution in [2.24, 2.45) is 0 Å². The lowest BCUT2D eigenvalue weighted by atomic mass is 10.2. The third-order valence-corrected chi connectivity index (χ3v) is 4.19. The van der Waals surface area contributed by atoms with Crippen molar-refractivity contribution in [2.45, 2.75) is 18.2 Å². The van der Waals surface area contributed by atoms with Gasteiger partial charge in [-0.2, -0.15) is 0 Å². The van der Waals surface area contributed by atoms with Crippen LogP contribution < -0.4 is 5.32 Å². The number of anilines is 1. The fourth-order valence-corrected chi connectivity index (χ4v) is 2.86. The molecule has 0 atom stereocenters. The standard InChI is InChI=1S/C16H16ClNOS/c1-2-10-20-15-9-4-3-8-14(15)16(19)18-13-7-5-6-12(17)11-13/h3-9,11H,2,10H2,1H3,(H,18,19). The van der Waals surface area contributed by atoms with Gasteiger partial charge in [0.1, 0.15) is 0 Å². The molecule has 2 rings (SSSR count). The molecule has 4 heteroatoms. The maximum absolute atomic E-state index is 12.3. The van der Waals surface area contributed by atoms with Gasteiger partial charge in [-0.1, -0.05) is 36.7 Å². The van der Waals surface area contributed by atoms with Crippen molar-refractivity contribution in [1.82, 2.24) is 0 Å². The van der Waals surface area contributed by atoms with E-state index in [1.54, 1.807) is 23.9 Å². The number of carbonyl (C=O) groups is 1. The van der Waals surface area contributed by atoms with Crippen LogP contribution in [0.3, 0.4) is 0 Å². The van der Waals surface area contributed by atoms with Crippen LogP contribution >= 0.6 is 23.4 Å². The Morgan fingerprint density at radius 3 is 2.75 bits per heavy atom. The van der Waals surface area contributed by atoms with Crippen LogP contribution in [0.25, 0.3) is 0 Å². The van der Waals surface area contributed by atoms with Crippen molar-refractivity contribution >= 4 is 35.0 Å². The van der Waals surface area contributed by atoms with Gasteiger partial charge in [-0.15, -0.1) is 11.8 Å². The van der Waals surface area contributed by atoms with E-state index in [0.29, 0.717) is 16.3 Å². The second kappa shape index (κ2) is 7.36. The Hall–Kier alpha value is -1.45. The van der Waals surface area contributed by atoms with E-state index in [0.717, 1.165) is 17.1 Å². The van der Waals surface area contributed by atoms with Gasteiger partial charge in [-0.05, 0) is 42.5 Å². The minimum atomic E-state index is -0.105. The first kappa shape index (κ1) is 14.9. The number of rotatable bonds is 5. The predicted molar refractivity (Wildman–Crippen MR) is 86.9 cm³/mol. The summed E-state index contributed by atoms with van der Waals surface area (Å²) in [5, 5.41) is 3.49. The van der Waals surface area contributed by atoms with E-state index in [2.05, 4.69) is 12.2 Å². The number of thioether (sulfide) groups is 1. The lowest BCUT2D eigenvalue weighted by molar-refractivity contribution is 0.102. The van der Waals surface area contributed by atoms with Crippen molar-refractivity contribution in [1.29, 1.82) is 0 Å². The monoisotopic (exact) mass is 305 g/mol. The Bertz CT molecular complexity index is 601. The van der Waals surface area contributed by atoms with Crippen LogP contribution in [0, 0.1) is 0 Å². The Labute approximate surface area is 128 Å². The van der Waals surface area contributed by atoms with E-state index in [9.17, 15) is 4.79 Å². The van der Waals surface area contributed by atoms with Crippen molar-refractivity contribution in [3.05, 3.63) is 59.1 Å². The zero-order valence-electron chi connectivity index (χ0n) is 11.2. The minimum absolute atomic E-state index is 0.105. The molecule has 0 aromatic heterocycles. The first-order valence-electron chi connectivity index (χ1n) is 6.49. The zero-order valence-corrected chi connectivity index (χ0v) is 12.8. The fourth-order valence-electron chi connectivity index (χ4n) is 1.76. The van der Waals surface area contributed by atoms with Crippen LogP contribution in [-0.2, 0) is 0 Å².